The molecule has 3 heteroatoms. The van der Waals surface area contributed by atoms with Crippen molar-refractivity contribution >= 4 is 8.32 Å². The number of likely N-dealkylation sites (tertiary alicyclic amines) is 1. The van der Waals surface area contributed by atoms with E-state index in [0.29, 0.717) is 12.0 Å². The molecule has 2 atom stereocenters. The predicted molar refractivity (Wildman–Crippen MR) is 97.6 cm³/mol. The molecule has 2 nitrogen and oxygen atoms in total. The van der Waals surface area contributed by atoms with Gasteiger partial charge in [-0.05, 0) is 36.0 Å². The molecule has 0 aromatic heterocycles. The van der Waals surface area contributed by atoms with Gasteiger partial charge in [-0.15, -0.1) is 0 Å². The summed E-state index contributed by atoms with van der Waals surface area (Å²) in [6.45, 7) is 17.4. The lowest BCUT2D eigenvalue weighted by Crippen LogP contribution is -2.50. The van der Waals surface area contributed by atoms with Crippen LogP contribution in [0.15, 0.2) is 30.3 Å². The molecule has 1 aromatic rings. The van der Waals surface area contributed by atoms with Gasteiger partial charge in [0.05, 0.1) is 6.10 Å². The van der Waals surface area contributed by atoms with Gasteiger partial charge in [0.2, 0.25) is 0 Å². The van der Waals surface area contributed by atoms with Gasteiger partial charge in [0.1, 0.15) is 0 Å². The molecule has 22 heavy (non-hydrogen) atoms. The van der Waals surface area contributed by atoms with Crippen LogP contribution in [0.2, 0.25) is 18.1 Å². The number of hydrogen-bond donors (Lipinski definition) is 0. The molecule has 0 unspecified atom stereocenters. The quantitative estimate of drug-likeness (QED) is 0.730. The Kier molecular flexibility index (Phi) is 5.52. The highest BCUT2D eigenvalue weighted by molar-refractivity contribution is 6.74. The topological polar surface area (TPSA) is 12.5 Å². The monoisotopic (exact) mass is 319 g/mol. The summed E-state index contributed by atoms with van der Waals surface area (Å²) >= 11 is 0. The zero-order chi connectivity index (χ0) is 16.4. The van der Waals surface area contributed by atoms with Gasteiger partial charge in [-0.1, -0.05) is 58.0 Å². The maximum atomic E-state index is 6.68. The second kappa shape index (κ2) is 6.86. The molecular formula is C19H33NOSi. The van der Waals surface area contributed by atoms with Gasteiger partial charge >= 0.3 is 0 Å². The van der Waals surface area contributed by atoms with E-state index >= 15 is 0 Å². The molecule has 2 rings (SSSR count). The minimum atomic E-state index is -1.67. The van der Waals surface area contributed by atoms with Crippen LogP contribution in [0.25, 0.3) is 0 Å². The van der Waals surface area contributed by atoms with Crippen molar-refractivity contribution in [2.45, 2.75) is 64.9 Å². The van der Waals surface area contributed by atoms with Gasteiger partial charge in [-0.2, -0.15) is 0 Å². The lowest BCUT2D eigenvalue weighted by Gasteiger charge is -2.44. The minimum Gasteiger partial charge on any atom is -0.413 e. The highest BCUT2D eigenvalue weighted by atomic mass is 28.4. The van der Waals surface area contributed by atoms with Crippen LogP contribution in [0.1, 0.15) is 39.7 Å². The molecular weight excluding hydrogens is 286 g/mol. The van der Waals surface area contributed by atoms with Crippen molar-refractivity contribution < 1.29 is 4.43 Å². The molecule has 1 fully saturated rings. The predicted octanol–water partition coefficient (Wildman–Crippen LogP) is 4.92. The summed E-state index contributed by atoms with van der Waals surface area (Å²) in [6.07, 6.45) is 1.60. The average Bonchev–Trinajstić information content (AvgIpc) is 2.37. The molecule has 0 spiro atoms. The number of nitrogens with zero attached hydrogens (tertiary/aromatic N) is 1. The van der Waals surface area contributed by atoms with Gasteiger partial charge in [0, 0.05) is 19.6 Å². The lowest BCUT2D eigenvalue weighted by atomic mass is 9.97. The van der Waals surface area contributed by atoms with E-state index in [9.17, 15) is 0 Å². The van der Waals surface area contributed by atoms with Crippen LogP contribution in [0.4, 0.5) is 0 Å². The standard InChI is InChI=1S/C19H33NOSi/c1-16-12-18(21-22(5,6)19(2,3)4)15-20(13-16)14-17-10-8-7-9-11-17/h7-11,16,18H,12-15H2,1-6H3/t16-,18+/m0/s1. The first-order valence-corrected chi connectivity index (χ1v) is 11.5. The van der Waals surface area contributed by atoms with Gasteiger partial charge in [-0.3, -0.25) is 4.90 Å². The Morgan fingerprint density at radius 1 is 1.14 bits per heavy atom. The third kappa shape index (κ3) is 4.67. The molecule has 0 aliphatic carbocycles. The molecule has 0 radical (unpaired) electrons. The fourth-order valence-electron chi connectivity index (χ4n) is 3.05. The highest BCUT2D eigenvalue weighted by Crippen LogP contribution is 2.38. The lowest BCUT2D eigenvalue weighted by molar-refractivity contribution is 0.0480. The smallest absolute Gasteiger partial charge is 0.192 e. The number of rotatable bonds is 4. The van der Waals surface area contributed by atoms with Crippen molar-refractivity contribution in [2.24, 2.45) is 5.92 Å². The van der Waals surface area contributed by atoms with Crippen molar-refractivity contribution in [3.05, 3.63) is 35.9 Å². The third-order valence-corrected chi connectivity index (χ3v) is 9.75. The van der Waals surface area contributed by atoms with Crippen LogP contribution in [0.5, 0.6) is 0 Å². The van der Waals surface area contributed by atoms with E-state index in [-0.39, 0.29) is 5.04 Å². The summed E-state index contributed by atoms with van der Waals surface area (Å²) in [5, 5.41) is 0.290. The zero-order valence-electron chi connectivity index (χ0n) is 15.2. The molecule has 0 amide bonds. The maximum Gasteiger partial charge on any atom is 0.192 e. The summed E-state index contributed by atoms with van der Waals surface area (Å²) in [7, 11) is -1.67. The number of hydrogen-bond acceptors (Lipinski definition) is 2. The Hall–Kier alpha value is -0.643. The zero-order valence-corrected chi connectivity index (χ0v) is 16.2. The number of benzene rings is 1. The molecule has 0 saturated carbocycles. The Morgan fingerprint density at radius 3 is 2.36 bits per heavy atom. The van der Waals surface area contributed by atoms with E-state index in [1.54, 1.807) is 0 Å². The summed E-state index contributed by atoms with van der Waals surface area (Å²) in [5.74, 6) is 0.715. The van der Waals surface area contributed by atoms with Crippen molar-refractivity contribution in [1.29, 1.82) is 0 Å². The molecule has 0 bridgehead atoms. The van der Waals surface area contributed by atoms with Crippen LogP contribution < -0.4 is 0 Å². The van der Waals surface area contributed by atoms with Crippen molar-refractivity contribution in [3.63, 3.8) is 0 Å². The first-order chi connectivity index (χ1) is 10.2. The van der Waals surface area contributed by atoms with Crippen molar-refractivity contribution in [3.8, 4) is 0 Å². The first-order valence-electron chi connectivity index (χ1n) is 8.61. The molecule has 0 N–H and O–H groups in total. The molecule has 1 aromatic carbocycles. The van der Waals surface area contributed by atoms with E-state index < -0.39 is 8.32 Å². The SMILES string of the molecule is C[C@H]1C[C@@H](O[Si](C)(C)C(C)(C)C)CN(Cc2ccccc2)C1. The van der Waals surface area contributed by atoms with E-state index in [2.05, 4.69) is 76.0 Å². The highest BCUT2D eigenvalue weighted by Gasteiger charge is 2.40. The van der Waals surface area contributed by atoms with Crippen LogP contribution in [0, 0.1) is 5.92 Å². The van der Waals surface area contributed by atoms with E-state index in [1.807, 2.05) is 0 Å². The molecule has 1 saturated heterocycles. The summed E-state index contributed by atoms with van der Waals surface area (Å²) in [6, 6.07) is 10.8. The van der Waals surface area contributed by atoms with E-state index in [1.165, 1.54) is 18.5 Å². The van der Waals surface area contributed by atoms with Gasteiger partial charge in [0.15, 0.2) is 8.32 Å². The Morgan fingerprint density at radius 2 is 1.77 bits per heavy atom. The normalized spacial score (nSPS) is 24.5. The van der Waals surface area contributed by atoms with Crippen LogP contribution in [-0.2, 0) is 11.0 Å². The Labute approximate surface area is 138 Å². The Balaban J connectivity index is 1.99. The van der Waals surface area contributed by atoms with E-state index in [0.717, 1.165) is 13.1 Å². The fourth-order valence-corrected chi connectivity index (χ4v) is 4.41. The largest absolute Gasteiger partial charge is 0.413 e. The summed E-state index contributed by atoms with van der Waals surface area (Å²) in [5.41, 5.74) is 1.41. The van der Waals surface area contributed by atoms with Gasteiger partial charge < -0.3 is 4.43 Å². The third-order valence-electron chi connectivity index (χ3n) is 5.21. The van der Waals surface area contributed by atoms with Crippen LogP contribution >= 0.6 is 0 Å². The molecule has 1 aliphatic heterocycles. The van der Waals surface area contributed by atoms with Gasteiger partial charge in [0.25, 0.3) is 0 Å². The summed E-state index contributed by atoms with van der Waals surface area (Å²) in [4.78, 5) is 2.57. The Bertz CT molecular complexity index is 466. The fraction of sp³-hybridized carbons (Fsp3) is 0.684. The molecule has 1 heterocycles. The van der Waals surface area contributed by atoms with Gasteiger partial charge in [-0.25, -0.2) is 0 Å². The first kappa shape index (κ1) is 17.7. The second-order valence-corrected chi connectivity index (χ2v) is 13.3. The van der Waals surface area contributed by atoms with Crippen LogP contribution in [0.3, 0.4) is 0 Å². The van der Waals surface area contributed by atoms with E-state index in [4.69, 9.17) is 4.43 Å². The molecule has 1 aliphatic rings. The van der Waals surface area contributed by atoms with Crippen molar-refractivity contribution in [2.75, 3.05) is 13.1 Å². The maximum absolute atomic E-state index is 6.68. The minimum absolute atomic E-state index is 0.290. The van der Waals surface area contributed by atoms with Crippen LogP contribution in [-0.4, -0.2) is 32.4 Å². The second-order valence-electron chi connectivity index (χ2n) is 8.52. The number of piperidine rings is 1. The summed E-state index contributed by atoms with van der Waals surface area (Å²) < 4.78 is 6.68. The molecule has 124 valence electrons. The van der Waals surface area contributed by atoms with Crippen molar-refractivity contribution in [1.82, 2.24) is 4.90 Å². The average molecular weight is 320 g/mol.